The second-order valence-electron chi connectivity index (χ2n) is 7.96. The van der Waals surface area contributed by atoms with Crippen molar-refractivity contribution in [2.75, 3.05) is 0 Å². The van der Waals surface area contributed by atoms with E-state index in [1.54, 1.807) is 20.8 Å². The van der Waals surface area contributed by atoms with E-state index >= 15 is 0 Å². The van der Waals surface area contributed by atoms with Gasteiger partial charge in [0.1, 0.15) is 11.2 Å². The highest BCUT2D eigenvalue weighted by Gasteiger charge is 2.51. The van der Waals surface area contributed by atoms with Crippen LogP contribution in [0, 0.1) is 34.5 Å². The van der Waals surface area contributed by atoms with Crippen LogP contribution in [0.3, 0.4) is 0 Å². The molecule has 0 N–H and O–H groups in total. The van der Waals surface area contributed by atoms with Gasteiger partial charge in [-0.15, -0.1) is 0 Å². The molecule has 142 valence electrons. The van der Waals surface area contributed by atoms with Gasteiger partial charge < -0.3 is 0 Å². The van der Waals surface area contributed by atoms with Crippen LogP contribution in [0.5, 0.6) is 0 Å². The Bertz CT molecular complexity index is 536. The molecule has 0 saturated heterocycles. The number of Topliss-reactive ketones (excluding diaryl/α,β-unsaturated/α-hetero) is 3. The van der Waals surface area contributed by atoms with Crippen molar-refractivity contribution in [3.63, 3.8) is 0 Å². The smallest absolute Gasteiger partial charge is 0.172 e. The Kier molecular flexibility index (Phi) is 8.64. The molecule has 0 heterocycles. The van der Waals surface area contributed by atoms with E-state index in [0.717, 1.165) is 12.8 Å². The van der Waals surface area contributed by atoms with Crippen LogP contribution in [0.4, 0.5) is 4.39 Å². The van der Waals surface area contributed by atoms with Gasteiger partial charge >= 0.3 is 0 Å². The Hall–Kier alpha value is -1.57. The molecule has 4 nitrogen and oxygen atoms in total. The number of nitriles is 1. The fraction of sp³-hybridized carbons (Fsp3) is 0.800. The maximum Gasteiger partial charge on any atom is 0.172 e. The average molecular weight is 353 g/mol. The number of carbonyl (C=O) groups excluding carboxylic acids is 3. The molecule has 0 aliphatic heterocycles. The summed E-state index contributed by atoms with van der Waals surface area (Å²) in [5, 5.41) is 8.60. The lowest BCUT2D eigenvalue weighted by Crippen LogP contribution is -2.21. The zero-order valence-electron chi connectivity index (χ0n) is 16.6. The first-order chi connectivity index (χ1) is 11.3. The lowest BCUT2D eigenvalue weighted by atomic mass is 9.94. The van der Waals surface area contributed by atoms with Crippen molar-refractivity contribution in [3.8, 4) is 6.07 Å². The molecule has 2 rings (SSSR count). The first-order valence-corrected chi connectivity index (χ1v) is 9.02. The molecule has 0 radical (unpaired) electrons. The molecule has 0 spiro atoms. The van der Waals surface area contributed by atoms with E-state index in [-0.39, 0.29) is 35.1 Å². The number of hydrogen-bond donors (Lipinski definition) is 0. The van der Waals surface area contributed by atoms with Gasteiger partial charge in [0, 0.05) is 17.8 Å². The Morgan fingerprint density at radius 2 is 1.20 bits per heavy atom. The van der Waals surface area contributed by atoms with Crippen LogP contribution in [-0.4, -0.2) is 23.0 Å². The summed E-state index contributed by atoms with van der Waals surface area (Å²) in [4.78, 5) is 32.2. The normalized spacial score (nSPS) is 18.3. The molecule has 0 atom stereocenters. The topological polar surface area (TPSA) is 75.0 Å². The molecule has 2 aliphatic carbocycles. The van der Waals surface area contributed by atoms with Crippen molar-refractivity contribution in [3.05, 3.63) is 0 Å². The van der Waals surface area contributed by atoms with Crippen molar-refractivity contribution in [2.45, 2.75) is 79.8 Å². The van der Waals surface area contributed by atoms with Crippen molar-refractivity contribution in [1.29, 1.82) is 5.26 Å². The highest BCUT2D eigenvalue weighted by atomic mass is 19.1. The number of hydrogen-bond acceptors (Lipinski definition) is 4. The highest BCUT2D eigenvalue weighted by molar-refractivity contribution is 5.91. The zero-order valence-corrected chi connectivity index (χ0v) is 16.6. The van der Waals surface area contributed by atoms with Gasteiger partial charge in [-0.25, -0.2) is 4.39 Å². The van der Waals surface area contributed by atoms with Gasteiger partial charge in [-0.2, -0.15) is 5.26 Å². The van der Waals surface area contributed by atoms with E-state index < -0.39 is 11.1 Å². The monoisotopic (exact) mass is 353 g/mol. The average Bonchev–Trinajstić information content (AvgIpc) is 3.43. The summed E-state index contributed by atoms with van der Waals surface area (Å²) in [6, 6.07) is 2.08. The van der Waals surface area contributed by atoms with Gasteiger partial charge in [0.2, 0.25) is 0 Å². The first-order valence-electron chi connectivity index (χ1n) is 9.02. The molecule has 5 heteroatoms. The fourth-order valence-electron chi connectivity index (χ4n) is 1.96. The lowest BCUT2D eigenvalue weighted by Gasteiger charge is -2.06. The predicted molar refractivity (Wildman–Crippen MR) is 95.6 cm³/mol. The number of alkyl halides is 1. The predicted octanol–water partition coefficient (Wildman–Crippen LogP) is 4.46. The number of carbonyl (C=O) groups is 3. The number of ketones is 3. The van der Waals surface area contributed by atoms with E-state index in [0.29, 0.717) is 12.8 Å². The lowest BCUT2D eigenvalue weighted by molar-refractivity contribution is -0.128. The Morgan fingerprint density at radius 1 is 0.840 bits per heavy atom. The van der Waals surface area contributed by atoms with Crippen LogP contribution in [0.25, 0.3) is 0 Å². The summed E-state index contributed by atoms with van der Waals surface area (Å²) < 4.78 is 12.8. The molecule has 25 heavy (non-hydrogen) atoms. The maximum absolute atomic E-state index is 12.8. The molecule has 0 bridgehead atoms. The molecular formula is C20H32FNO3. The number of nitrogens with zero attached hydrogens (tertiary/aromatic N) is 1. The minimum Gasteiger partial charge on any atom is -0.300 e. The number of halogens is 1. The molecule has 2 aliphatic rings. The second kappa shape index (κ2) is 9.22. The fourth-order valence-corrected chi connectivity index (χ4v) is 1.96. The maximum atomic E-state index is 12.8. The summed E-state index contributed by atoms with van der Waals surface area (Å²) in [6.07, 6.45) is 2.45. The quantitative estimate of drug-likeness (QED) is 0.731. The Labute approximate surface area is 151 Å². The molecule has 0 unspecified atom stereocenters. The minimum absolute atomic E-state index is 0.0159. The van der Waals surface area contributed by atoms with Crippen molar-refractivity contribution in [2.24, 2.45) is 23.2 Å². The van der Waals surface area contributed by atoms with Crippen molar-refractivity contribution >= 4 is 17.3 Å². The Balaban J connectivity index is 0.000000358. The molecule has 2 saturated carbocycles. The van der Waals surface area contributed by atoms with E-state index in [2.05, 4.69) is 6.07 Å². The summed E-state index contributed by atoms with van der Waals surface area (Å²) in [7, 11) is 0. The van der Waals surface area contributed by atoms with Gasteiger partial charge in [0.25, 0.3) is 0 Å². The SMILES string of the molecule is CC(=O)C(C)C.CC(C)C(=O)C1(C#N)CC1.CC(C)C(=O)C1(F)CC1. The van der Waals surface area contributed by atoms with Gasteiger partial charge in [-0.1, -0.05) is 41.5 Å². The van der Waals surface area contributed by atoms with E-state index in [4.69, 9.17) is 5.26 Å². The van der Waals surface area contributed by atoms with Crippen LogP contribution < -0.4 is 0 Å². The van der Waals surface area contributed by atoms with E-state index in [1.165, 1.54) is 0 Å². The summed E-state index contributed by atoms with van der Waals surface area (Å²) >= 11 is 0. The van der Waals surface area contributed by atoms with Crippen LogP contribution in [-0.2, 0) is 14.4 Å². The molecular weight excluding hydrogens is 321 g/mol. The zero-order chi connectivity index (χ0) is 20.0. The van der Waals surface area contributed by atoms with Gasteiger partial charge in [0.15, 0.2) is 17.2 Å². The van der Waals surface area contributed by atoms with Gasteiger partial charge in [-0.3, -0.25) is 14.4 Å². The number of rotatable bonds is 5. The van der Waals surface area contributed by atoms with Gasteiger partial charge in [-0.05, 0) is 32.6 Å². The standard InChI is InChI=1S/C8H11NO.C7H11FO.C5H10O/c1-6(2)7(10)8(5-9)3-4-8;1-5(2)6(9)7(8)3-4-7;1-4(2)5(3)6/h6H,3-4H2,1-2H3;5H,3-4H2,1-2H3;4H,1-3H3. The van der Waals surface area contributed by atoms with E-state index in [9.17, 15) is 18.8 Å². The van der Waals surface area contributed by atoms with Crippen LogP contribution in [0.1, 0.15) is 74.1 Å². The summed E-state index contributed by atoms with van der Waals surface area (Å²) in [5.74, 6) is 0.247. The second-order valence-corrected chi connectivity index (χ2v) is 7.96. The third kappa shape index (κ3) is 7.46. The van der Waals surface area contributed by atoms with Crippen LogP contribution >= 0.6 is 0 Å². The highest BCUT2D eigenvalue weighted by Crippen LogP contribution is 2.47. The van der Waals surface area contributed by atoms with Crippen molar-refractivity contribution < 1.29 is 18.8 Å². The van der Waals surface area contributed by atoms with E-state index in [1.807, 2.05) is 27.7 Å². The summed E-state index contributed by atoms with van der Waals surface area (Å²) in [6.45, 7) is 12.6. The third-order valence-corrected chi connectivity index (χ3v) is 4.43. The van der Waals surface area contributed by atoms with Crippen molar-refractivity contribution in [1.82, 2.24) is 0 Å². The molecule has 0 amide bonds. The molecule has 2 fully saturated rings. The summed E-state index contributed by atoms with van der Waals surface area (Å²) in [5.41, 5.74) is -1.97. The third-order valence-electron chi connectivity index (χ3n) is 4.43. The first kappa shape index (κ1) is 23.4. The minimum atomic E-state index is -1.41. The molecule has 0 aromatic rings. The van der Waals surface area contributed by atoms with Crippen LogP contribution in [0.2, 0.25) is 0 Å². The van der Waals surface area contributed by atoms with Crippen LogP contribution in [0.15, 0.2) is 0 Å². The molecule has 0 aromatic carbocycles. The Morgan fingerprint density at radius 3 is 1.28 bits per heavy atom. The van der Waals surface area contributed by atoms with Gasteiger partial charge in [0.05, 0.1) is 6.07 Å². The molecule has 0 aromatic heterocycles. The largest absolute Gasteiger partial charge is 0.300 e.